The van der Waals surface area contributed by atoms with Gasteiger partial charge in [0.2, 0.25) is 0 Å². The number of rotatable bonds is 6. The van der Waals surface area contributed by atoms with Gasteiger partial charge in [-0.15, -0.1) is 0 Å². The fourth-order valence-corrected chi connectivity index (χ4v) is 3.22. The molecule has 1 amide bonds. The van der Waals surface area contributed by atoms with E-state index in [1.165, 1.54) is 12.3 Å². The Bertz CT molecular complexity index is 1100. The first-order chi connectivity index (χ1) is 13.9. The quantitative estimate of drug-likeness (QED) is 0.296. The first kappa shape index (κ1) is 20.6. The minimum Gasteiger partial charge on any atom is -0.496 e. The molecule has 7 nitrogen and oxygen atoms in total. The number of furan rings is 1. The van der Waals surface area contributed by atoms with Gasteiger partial charge in [-0.25, -0.2) is 10.2 Å². The fourth-order valence-electron chi connectivity index (χ4n) is 2.66. The third-order valence-corrected chi connectivity index (χ3v) is 5.03. The summed E-state index contributed by atoms with van der Waals surface area (Å²) in [7, 11) is 1.54. The van der Waals surface area contributed by atoms with Crippen LogP contribution in [-0.2, 0) is 0 Å². The molecule has 8 heteroatoms. The number of nitrogens with zero attached hydrogens (tertiary/aromatic N) is 1. The molecule has 1 aromatic heterocycles. The summed E-state index contributed by atoms with van der Waals surface area (Å²) in [6, 6.07) is 13.4. The molecule has 1 heterocycles. The van der Waals surface area contributed by atoms with E-state index in [1.54, 1.807) is 49.6 Å². The van der Waals surface area contributed by atoms with Gasteiger partial charge in [-0.05, 0) is 77.5 Å². The van der Waals surface area contributed by atoms with E-state index in [9.17, 15) is 9.59 Å². The van der Waals surface area contributed by atoms with Crippen LogP contribution in [0, 0.1) is 10.5 Å². The monoisotopic (exact) mass is 504 g/mol. The zero-order valence-corrected chi connectivity index (χ0v) is 17.8. The molecule has 0 unspecified atom stereocenters. The van der Waals surface area contributed by atoms with Crippen molar-refractivity contribution in [2.75, 3.05) is 7.11 Å². The molecule has 3 aromatic rings. The first-order valence-electron chi connectivity index (χ1n) is 8.50. The molecule has 0 atom stereocenters. The fraction of sp³-hybridized carbons (Fsp3) is 0.0952. The molecule has 0 saturated heterocycles. The zero-order valence-electron chi connectivity index (χ0n) is 15.6. The Labute approximate surface area is 180 Å². The number of methoxy groups -OCH3 is 1. The molecule has 0 radical (unpaired) electrons. The largest absolute Gasteiger partial charge is 0.496 e. The highest BCUT2D eigenvalue weighted by molar-refractivity contribution is 14.1. The average Bonchev–Trinajstić information content (AvgIpc) is 3.16. The van der Waals surface area contributed by atoms with Crippen molar-refractivity contribution in [1.82, 2.24) is 5.43 Å². The summed E-state index contributed by atoms with van der Waals surface area (Å²) in [5, 5.41) is 13.0. The van der Waals surface area contributed by atoms with Gasteiger partial charge in [0.05, 0.1) is 22.5 Å². The second kappa shape index (κ2) is 8.91. The number of carbonyl (C=O) groups excluding carboxylic acids is 1. The number of hydrogen-bond donors (Lipinski definition) is 2. The molecule has 148 valence electrons. The van der Waals surface area contributed by atoms with Crippen LogP contribution >= 0.6 is 22.6 Å². The van der Waals surface area contributed by atoms with Gasteiger partial charge in [-0.1, -0.05) is 6.07 Å². The highest BCUT2D eigenvalue weighted by atomic mass is 127. The van der Waals surface area contributed by atoms with E-state index < -0.39 is 5.97 Å². The lowest BCUT2D eigenvalue weighted by atomic mass is 10.0. The molecular formula is C21H17IN2O5. The summed E-state index contributed by atoms with van der Waals surface area (Å²) < 4.78 is 11.8. The van der Waals surface area contributed by atoms with E-state index in [-0.39, 0.29) is 11.5 Å². The Kier molecular flexibility index (Phi) is 6.32. The standard InChI is InChI=1S/C21H17IN2O5/c1-12-9-14(21(26)27)3-6-16(12)18-8-5-15(29-18)11-23-24-20(25)13-4-7-17(22)19(10-13)28-2/h3-11H,1-2H3,(H,24,25)(H,26,27)/b23-11-. The van der Waals surface area contributed by atoms with Gasteiger partial charge in [0.1, 0.15) is 17.3 Å². The first-order valence-corrected chi connectivity index (χ1v) is 9.58. The van der Waals surface area contributed by atoms with Crippen molar-refractivity contribution in [2.45, 2.75) is 6.92 Å². The molecule has 2 aromatic carbocycles. The van der Waals surface area contributed by atoms with E-state index >= 15 is 0 Å². The lowest BCUT2D eigenvalue weighted by Gasteiger charge is -2.05. The van der Waals surface area contributed by atoms with Crippen molar-refractivity contribution >= 4 is 40.7 Å². The molecule has 0 aliphatic carbocycles. The van der Waals surface area contributed by atoms with E-state index in [0.29, 0.717) is 22.8 Å². The number of hydrogen-bond acceptors (Lipinski definition) is 5. The van der Waals surface area contributed by atoms with E-state index in [4.69, 9.17) is 14.3 Å². The highest BCUT2D eigenvalue weighted by Gasteiger charge is 2.11. The van der Waals surface area contributed by atoms with Crippen molar-refractivity contribution in [3.05, 3.63) is 74.6 Å². The van der Waals surface area contributed by atoms with Gasteiger partial charge < -0.3 is 14.3 Å². The summed E-state index contributed by atoms with van der Waals surface area (Å²) in [6.45, 7) is 1.81. The number of aryl methyl sites for hydroxylation is 1. The Balaban J connectivity index is 1.69. The molecule has 0 bridgehead atoms. The van der Waals surface area contributed by atoms with Crippen LogP contribution in [0.25, 0.3) is 11.3 Å². The molecule has 0 fully saturated rings. The molecule has 3 rings (SSSR count). The molecule has 0 aliphatic heterocycles. The molecular weight excluding hydrogens is 487 g/mol. The van der Waals surface area contributed by atoms with Crippen LogP contribution in [0.15, 0.2) is 58.0 Å². The van der Waals surface area contributed by atoms with Gasteiger partial charge in [0.25, 0.3) is 5.91 Å². The summed E-state index contributed by atoms with van der Waals surface area (Å²) >= 11 is 2.12. The average molecular weight is 504 g/mol. The van der Waals surface area contributed by atoms with E-state index in [0.717, 1.165) is 14.7 Å². The Morgan fingerprint density at radius 3 is 2.59 bits per heavy atom. The van der Waals surface area contributed by atoms with Crippen LogP contribution in [0.2, 0.25) is 0 Å². The number of carbonyl (C=O) groups is 2. The number of ether oxygens (including phenoxy) is 1. The number of carboxylic acid groups (broad SMARTS) is 1. The van der Waals surface area contributed by atoms with Crippen molar-refractivity contribution in [3.8, 4) is 17.1 Å². The molecule has 29 heavy (non-hydrogen) atoms. The Morgan fingerprint density at radius 1 is 1.14 bits per heavy atom. The second-order valence-corrected chi connectivity index (χ2v) is 7.25. The number of benzene rings is 2. The van der Waals surface area contributed by atoms with E-state index in [1.807, 2.05) is 6.92 Å². The van der Waals surface area contributed by atoms with Gasteiger partial charge in [0.15, 0.2) is 0 Å². The number of hydrazone groups is 1. The van der Waals surface area contributed by atoms with E-state index in [2.05, 4.69) is 33.1 Å². The topological polar surface area (TPSA) is 101 Å². The van der Waals surface area contributed by atoms with Crippen LogP contribution in [0.3, 0.4) is 0 Å². The second-order valence-electron chi connectivity index (χ2n) is 6.09. The number of halogens is 1. The van der Waals surface area contributed by atoms with Crippen LogP contribution in [0.5, 0.6) is 5.75 Å². The summed E-state index contributed by atoms with van der Waals surface area (Å²) in [6.07, 6.45) is 1.40. The lowest BCUT2D eigenvalue weighted by molar-refractivity contribution is 0.0696. The van der Waals surface area contributed by atoms with Crippen LogP contribution in [0.1, 0.15) is 32.0 Å². The summed E-state index contributed by atoms with van der Waals surface area (Å²) in [5.41, 5.74) is 4.65. The number of carboxylic acids is 1. The predicted octanol–water partition coefficient (Wildman–Crippen LogP) is 4.33. The van der Waals surface area contributed by atoms with Gasteiger partial charge in [-0.2, -0.15) is 5.10 Å². The summed E-state index contributed by atoms with van der Waals surface area (Å²) in [5.74, 6) is 0.287. The smallest absolute Gasteiger partial charge is 0.335 e. The van der Waals surface area contributed by atoms with Crippen molar-refractivity contribution in [2.24, 2.45) is 5.10 Å². The Morgan fingerprint density at radius 2 is 1.90 bits per heavy atom. The highest BCUT2D eigenvalue weighted by Crippen LogP contribution is 2.26. The maximum absolute atomic E-state index is 12.2. The molecule has 0 spiro atoms. The molecule has 0 saturated carbocycles. The minimum absolute atomic E-state index is 0.217. The Hall–Kier alpha value is -3.14. The number of amides is 1. The van der Waals surface area contributed by atoms with Crippen molar-refractivity contribution < 1.29 is 23.8 Å². The SMILES string of the molecule is COc1cc(C(=O)N/N=C\c2ccc(-c3ccc(C(=O)O)cc3C)o2)ccc1I. The number of nitrogens with one attached hydrogen (secondary N) is 1. The maximum Gasteiger partial charge on any atom is 0.335 e. The molecule has 0 aliphatic rings. The third-order valence-electron chi connectivity index (χ3n) is 4.14. The van der Waals surface area contributed by atoms with Gasteiger partial charge in [-0.3, -0.25) is 4.79 Å². The normalized spacial score (nSPS) is 10.9. The minimum atomic E-state index is -0.978. The van der Waals surface area contributed by atoms with Crippen molar-refractivity contribution in [1.29, 1.82) is 0 Å². The van der Waals surface area contributed by atoms with Gasteiger partial charge in [0, 0.05) is 11.1 Å². The number of aromatic carboxylic acids is 1. The third kappa shape index (κ3) is 4.83. The zero-order chi connectivity index (χ0) is 21.0. The maximum atomic E-state index is 12.2. The lowest BCUT2D eigenvalue weighted by Crippen LogP contribution is -2.17. The van der Waals surface area contributed by atoms with Gasteiger partial charge >= 0.3 is 5.97 Å². The predicted molar refractivity (Wildman–Crippen MR) is 117 cm³/mol. The van der Waals surface area contributed by atoms with Crippen LogP contribution < -0.4 is 10.2 Å². The molecule has 2 N–H and O–H groups in total. The summed E-state index contributed by atoms with van der Waals surface area (Å²) in [4.78, 5) is 23.3. The van der Waals surface area contributed by atoms with Crippen LogP contribution in [0.4, 0.5) is 0 Å². The van der Waals surface area contributed by atoms with Crippen molar-refractivity contribution in [3.63, 3.8) is 0 Å². The van der Waals surface area contributed by atoms with Crippen LogP contribution in [-0.4, -0.2) is 30.3 Å².